The quantitative estimate of drug-likeness (QED) is 0.480. The molecule has 0 saturated heterocycles. The standard InChI is InChI=1S/C13H15N3O5/c1-6(17)14-5-10(18)11(19)7-2-3-9-8(4-7)12(20)16-13(21)15-9/h2-4,10-11,18-19H,5H2,1H3,(H,14,17)(H2,15,16,20,21). The number of aromatic nitrogens is 2. The van der Waals surface area contributed by atoms with Crippen LogP contribution in [0.3, 0.4) is 0 Å². The summed E-state index contributed by atoms with van der Waals surface area (Å²) < 4.78 is 0. The summed E-state index contributed by atoms with van der Waals surface area (Å²) in [5.74, 6) is -0.325. The first-order valence-electron chi connectivity index (χ1n) is 6.25. The Kier molecular flexibility index (Phi) is 4.20. The second kappa shape index (κ2) is 5.90. The molecule has 1 aromatic carbocycles. The average molecular weight is 293 g/mol. The second-order valence-corrected chi connectivity index (χ2v) is 4.66. The lowest BCUT2D eigenvalue weighted by Gasteiger charge is -2.18. The fraction of sp³-hybridized carbons (Fsp3) is 0.308. The Morgan fingerprint density at radius 3 is 2.67 bits per heavy atom. The van der Waals surface area contributed by atoms with E-state index >= 15 is 0 Å². The van der Waals surface area contributed by atoms with E-state index in [2.05, 4.69) is 15.3 Å². The highest BCUT2D eigenvalue weighted by molar-refractivity contribution is 5.78. The van der Waals surface area contributed by atoms with Crippen LogP contribution in [0.4, 0.5) is 0 Å². The van der Waals surface area contributed by atoms with Crippen molar-refractivity contribution in [1.82, 2.24) is 15.3 Å². The van der Waals surface area contributed by atoms with Gasteiger partial charge in [0.1, 0.15) is 12.2 Å². The molecule has 0 aliphatic carbocycles. The van der Waals surface area contributed by atoms with Gasteiger partial charge in [-0.15, -0.1) is 0 Å². The maximum Gasteiger partial charge on any atom is 0.326 e. The third-order valence-electron chi connectivity index (χ3n) is 3.03. The summed E-state index contributed by atoms with van der Waals surface area (Å²) in [6, 6.07) is 4.33. The highest BCUT2D eigenvalue weighted by atomic mass is 16.3. The molecule has 112 valence electrons. The number of H-pyrrole nitrogens is 2. The Balaban J connectivity index is 2.32. The van der Waals surface area contributed by atoms with Gasteiger partial charge in [-0.2, -0.15) is 0 Å². The van der Waals surface area contributed by atoms with Crippen LogP contribution < -0.4 is 16.6 Å². The zero-order valence-corrected chi connectivity index (χ0v) is 11.2. The molecule has 2 rings (SSSR count). The molecule has 0 spiro atoms. The number of aliphatic hydroxyl groups excluding tert-OH is 2. The molecule has 5 N–H and O–H groups in total. The summed E-state index contributed by atoms with van der Waals surface area (Å²) in [7, 11) is 0. The van der Waals surface area contributed by atoms with E-state index in [-0.39, 0.29) is 17.8 Å². The SMILES string of the molecule is CC(=O)NCC(O)C(O)c1ccc2[nH]c(=O)[nH]c(=O)c2c1. The number of hydrogen-bond acceptors (Lipinski definition) is 5. The number of nitrogens with one attached hydrogen (secondary N) is 3. The van der Waals surface area contributed by atoms with Gasteiger partial charge in [-0.25, -0.2) is 4.79 Å². The molecule has 21 heavy (non-hydrogen) atoms. The van der Waals surface area contributed by atoms with E-state index in [9.17, 15) is 24.6 Å². The van der Waals surface area contributed by atoms with Gasteiger partial charge in [0.15, 0.2) is 0 Å². The fourth-order valence-electron chi connectivity index (χ4n) is 1.95. The van der Waals surface area contributed by atoms with Crippen molar-refractivity contribution in [2.24, 2.45) is 0 Å². The molecule has 0 radical (unpaired) electrons. The van der Waals surface area contributed by atoms with Crippen LogP contribution in [-0.4, -0.2) is 38.7 Å². The van der Waals surface area contributed by atoms with Crippen LogP contribution in [0.1, 0.15) is 18.6 Å². The molecule has 1 amide bonds. The monoisotopic (exact) mass is 293 g/mol. The van der Waals surface area contributed by atoms with Crippen molar-refractivity contribution in [3.63, 3.8) is 0 Å². The summed E-state index contributed by atoms with van der Waals surface area (Å²) >= 11 is 0. The minimum Gasteiger partial charge on any atom is -0.388 e. The molecule has 0 saturated carbocycles. The maximum atomic E-state index is 11.7. The number of amides is 1. The number of rotatable bonds is 4. The van der Waals surface area contributed by atoms with E-state index in [0.29, 0.717) is 11.1 Å². The predicted molar refractivity (Wildman–Crippen MR) is 74.8 cm³/mol. The van der Waals surface area contributed by atoms with Crippen LogP contribution >= 0.6 is 0 Å². The van der Waals surface area contributed by atoms with Crippen LogP contribution in [0.5, 0.6) is 0 Å². The molecular weight excluding hydrogens is 278 g/mol. The summed E-state index contributed by atoms with van der Waals surface area (Å²) in [6.07, 6.45) is -2.49. The fourth-order valence-corrected chi connectivity index (χ4v) is 1.95. The Morgan fingerprint density at radius 2 is 2.00 bits per heavy atom. The maximum absolute atomic E-state index is 11.7. The number of carbonyl (C=O) groups is 1. The summed E-state index contributed by atoms with van der Waals surface area (Å²) in [6.45, 7) is 1.18. The summed E-state index contributed by atoms with van der Waals surface area (Å²) in [5.41, 5.74) is -0.570. The van der Waals surface area contributed by atoms with E-state index in [1.54, 1.807) is 0 Å². The Labute approximate surface area is 118 Å². The highest BCUT2D eigenvalue weighted by Crippen LogP contribution is 2.19. The van der Waals surface area contributed by atoms with Gasteiger partial charge >= 0.3 is 5.69 Å². The largest absolute Gasteiger partial charge is 0.388 e. The van der Waals surface area contributed by atoms with Gasteiger partial charge in [-0.05, 0) is 17.7 Å². The summed E-state index contributed by atoms with van der Waals surface area (Å²) in [5, 5.41) is 22.4. The van der Waals surface area contributed by atoms with E-state index in [1.165, 1.54) is 25.1 Å². The zero-order chi connectivity index (χ0) is 15.6. The Bertz CT molecular complexity index is 779. The van der Waals surface area contributed by atoms with Crippen LogP contribution in [0.15, 0.2) is 27.8 Å². The molecule has 0 fully saturated rings. The van der Waals surface area contributed by atoms with Crippen molar-refractivity contribution < 1.29 is 15.0 Å². The molecule has 1 aromatic heterocycles. The van der Waals surface area contributed by atoms with E-state index < -0.39 is 23.5 Å². The molecule has 2 aromatic rings. The third kappa shape index (κ3) is 3.36. The lowest BCUT2D eigenvalue weighted by Crippen LogP contribution is -2.34. The predicted octanol–water partition coefficient (Wildman–Crippen LogP) is -1.25. The van der Waals surface area contributed by atoms with Crippen molar-refractivity contribution in [3.05, 3.63) is 44.6 Å². The van der Waals surface area contributed by atoms with Crippen molar-refractivity contribution in [1.29, 1.82) is 0 Å². The molecule has 0 aliphatic rings. The van der Waals surface area contributed by atoms with Gasteiger partial charge in [-0.3, -0.25) is 14.6 Å². The lowest BCUT2D eigenvalue weighted by molar-refractivity contribution is -0.119. The minimum absolute atomic E-state index is 0.115. The first kappa shape index (κ1) is 14.9. The third-order valence-corrected chi connectivity index (χ3v) is 3.03. The van der Waals surface area contributed by atoms with Crippen LogP contribution in [-0.2, 0) is 4.79 Å². The Morgan fingerprint density at radius 1 is 1.29 bits per heavy atom. The van der Waals surface area contributed by atoms with Gasteiger partial charge in [0, 0.05) is 13.5 Å². The topological polar surface area (TPSA) is 135 Å². The first-order valence-corrected chi connectivity index (χ1v) is 6.25. The molecule has 8 heteroatoms. The lowest BCUT2D eigenvalue weighted by atomic mass is 10.0. The van der Waals surface area contributed by atoms with Gasteiger partial charge in [0.2, 0.25) is 5.91 Å². The van der Waals surface area contributed by atoms with Crippen LogP contribution in [0.2, 0.25) is 0 Å². The van der Waals surface area contributed by atoms with Crippen molar-refractivity contribution in [3.8, 4) is 0 Å². The molecule has 0 aliphatic heterocycles. The minimum atomic E-state index is -1.27. The van der Waals surface area contributed by atoms with Gasteiger partial charge < -0.3 is 20.5 Å². The smallest absolute Gasteiger partial charge is 0.326 e. The van der Waals surface area contributed by atoms with Gasteiger partial charge in [0.05, 0.1) is 10.9 Å². The molecule has 2 unspecified atom stereocenters. The van der Waals surface area contributed by atoms with E-state index in [1.807, 2.05) is 0 Å². The average Bonchev–Trinajstić information content (AvgIpc) is 2.43. The second-order valence-electron chi connectivity index (χ2n) is 4.66. The van der Waals surface area contributed by atoms with E-state index in [0.717, 1.165) is 0 Å². The van der Waals surface area contributed by atoms with Gasteiger partial charge in [-0.1, -0.05) is 6.07 Å². The molecular formula is C13H15N3O5. The van der Waals surface area contributed by atoms with Crippen molar-refractivity contribution >= 4 is 16.8 Å². The van der Waals surface area contributed by atoms with Crippen LogP contribution in [0, 0.1) is 0 Å². The Hall–Kier alpha value is -2.45. The first-order chi connectivity index (χ1) is 9.88. The van der Waals surface area contributed by atoms with Crippen molar-refractivity contribution in [2.75, 3.05) is 6.54 Å². The van der Waals surface area contributed by atoms with E-state index in [4.69, 9.17) is 0 Å². The number of aliphatic hydroxyl groups is 2. The zero-order valence-electron chi connectivity index (χ0n) is 11.2. The highest BCUT2D eigenvalue weighted by Gasteiger charge is 2.19. The van der Waals surface area contributed by atoms with Gasteiger partial charge in [0.25, 0.3) is 5.56 Å². The molecule has 2 atom stereocenters. The van der Waals surface area contributed by atoms with Crippen LogP contribution in [0.25, 0.3) is 10.9 Å². The summed E-state index contributed by atoms with van der Waals surface area (Å²) in [4.78, 5) is 38.1. The number of hydrogen-bond donors (Lipinski definition) is 5. The number of aromatic amines is 2. The van der Waals surface area contributed by atoms with Crippen molar-refractivity contribution in [2.45, 2.75) is 19.1 Å². The number of benzene rings is 1. The normalized spacial score (nSPS) is 13.9. The number of fused-ring (bicyclic) bond motifs is 1. The molecule has 0 bridgehead atoms. The molecule has 1 heterocycles. The molecule has 8 nitrogen and oxygen atoms in total. The number of carbonyl (C=O) groups excluding carboxylic acids is 1.